The first-order chi connectivity index (χ1) is 19.2. The van der Waals surface area contributed by atoms with Gasteiger partial charge in [-0.15, -0.1) is 0 Å². The van der Waals surface area contributed by atoms with Gasteiger partial charge < -0.3 is 15.1 Å². The number of amides is 2. The van der Waals surface area contributed by atoms with Gasteiger partial charge in [0.1, 0.15) is 0 Å². The molecule has 1 saturated carbocycles. The minimum Gasteiger partial charge on any atom is -0.349 e. The number of hydrogen-bond donors (Lipinski definition) is 1. The fourth-order valence-corrected chi connectivity index (χ4v) is 6.53. The summed E-state index contributed by atoms with van der Waals surface area (Å²) in [5.74, 6) is -2.92. The summed E-state index contributed by atoms with van der Waals surface area (Å²) in [5.41, 5.74) is 2.70. The number of carbonyl (C=O) groups is 2. The Kier molecular flexibility index (Phi) is 8.51. The van der Waals surface area contributed by atoms with Crippen LogP contribution in [-0.4, -0.2) is 53.7 Å². The van der Waals surface area contributed by atoms with Crippen LogP contribution in [0.4, 0.5) is 8.78 Å². The van der Waals surface area contributed by atoms with Crippen LogP contribution in [0.2, 0.25) is 0 Å². The van der Waals surface area contributed by atoms with Crippen LogP contribution in [0.5, 0.6) is 0 Å². The number of alkyl halides is 2. The molecule has 1 atom stereocenters. The van der Waals surface area contributed by atoms with Crippen LogP contribution in [-0.2, 0) is 16.1 Å². The van der Waals surface area contributed by atoms with E-state index in [1.165, 1.54) is 0 Å². The number of carbonyl (C=O) groups excluding carboxylic acids is 2. The van der Waals surface area contributed by atoms with Crippen molar-refractivity contribution in [3.8, 4) is 6.07 Å². The Bertz CT molecular complexity index is 1210. The van der Waals surface area contributed by atoms with Crippen molar-refractivity contribution in [3.05, 3.63) is 71.3 Å². The third-order valence-electron chi connectivity index (χ3n) is 9.12. The van der Waals surface area contributed by atoms with Gasteiger partial charge in [0, 0.05) is 44.8 Å². The number of likely N-dealkylation sites (tertiary alicyclic amines) is 2. The van der Waals surface area contributed by atoms with Gasteiger partial charge in [-0.05, 0) is 73.9 Å². The van der Waals surface area contributed by atoms with E-state index in [9.17, 15) is 18.4 Å². The third-order valence-corrected chi connectivity index (χ3v) is 9.12. The van der Waals surface area contributed by atoms with Gasteiger partial charge in [0.2, 0.25) is 17.7 Å². The fourth-order valence-electron chi connectivity index (χ4n) is 6.53. The van der Waals surface area contributed by atoms with Crippen LogP contribution in [0.1, 0.15) is 74.1 Å². The van der Waals surface area contributed by atoms with Crippen molar-refractivity contribution in [1.29, 1.82) is 5.26 Å². The molecule has 6 nitrogen and oxygen atoms in total. The van der Waals surface area contributed by atoms with Gasteiger partial charge in [-0.3, -0.25) is 9.59 Å². The normalized spacial score (nSPS) is 21.7. The lowest BCUT2D eigenvalue weighted by Gasteiger charge is -2.39. The van der Waals surface area contributed by atoms with Crippen molar-refractivity contribution < 1.29 is 18.4 Å². The Balaban J connectivity index is 1.13. The minimum absolute atomic E-state index is 0.0102. The standard InChI is InChI=1S/C32H38F2N4O2/c33-32(34)13-10-27(11-14-32)30(40)36-28(26-4-2-1-3-5-26)12-17-37-18-15-31(16-19-37)20-29(39)38(23-31)22-25-8-6-24(21-35)7-9-25/h1-9,27-28H,10-20,22-23H2,(H,36,40)/t28-/m0/s1. The van der Waals surface area contributed by atoms with E-state index in [4.69, 9.17) is 5.26 Å². The molecule has 2 saturated heterocycles. The Hall–Kier alpha value is -3.31. The number of benzene rings is 2. The van der Waals surface area contributed by atoms with E-state index in [1.807, 2.05) is 47.4 Å². The molecule has 212 valence electrons. The number of nitriles is 1. The molecule has 2 aromatic rings. The molecule has 0 aromatic heterocycles. The predicted molar refractivity (Wildman–Crippen MR) is 148 cm³/mol. The molecule has 0 radical (unpaired) electrons. The van der Waals surface area contributed by atoms with Crippen molar-refractivity contribution in [1.82, 2.24) is 15.1 Å². The summed E-state index contributed by atoms with van der Waals surface area (Å²) in [6.07, 6.45) is 3.27. The third kappa shape index (κ3) is 6.87. The zero-order valence-corrected chi connectivity index (χ0v) is 23.0. The summed E-state index contributed by atoms with van der Waals surface area (Å²) in [6, 6.07) is 19.3. The smallest absolute Gasteiger partial charge is 0.248 e. The highest BCUT2D eigenvalue weighted by Crippen LogP contribution is 2.42. The van der Waals surface area contributed by atoms with E-state index < -0.39 is 5.92 Å². The summed E-state index contributed by atoms with van der Waals surface area (Å²) in [6.45, 7) is 3.98. The number of rotatable bonds is 8. The van der Waals surface area contributed by atoms with Crippen molar-refractivity contribution in [2.75, 3.05) is 26.2 Å². The Labute approximate surface area is 235 Å². The first kappa shape index (κ1) is 28.2. The molecular formula is C32H38F2N4O2. The molecule has 1 aliphatic carbocycles. The summed E-state index contributed by atoms with van der Waals surface area (Å²) in [4.78, 5) is 30.3. The highest BCUT2D eigenvalue weighted by atomic mass is 19.3. The fraction of sp³-hybridized carbons (Fsp3) is 0.531. The maximum atomic E-state index is 13.6. The molecule has 2 aliphatic heterocycles. The molecule has 1 spiro atoms. The van der Waals surface area contributed by atoms with Gasteiger partial charge in [-0.1, -0.05) is 42.5 Å². The lowest BCUT2D eigenvalue weighted by Crippen LogP contribution is -2.43. The largest absolute Gasteiger partial charge is 0.349 e. The van der Waals surface area contributed by atoms with E-state index in [2.05, 4.69) is 16.3 Å². The highest BCUT2D eigenvalue weighted by molar-refractivity contribution is 5.80. The lowest BCUT2D eigenvalue weighted by molar-refractivity contribution is -0.130. The number of hydrogen-bond acceptors (Lipinski definition) is 4. The van der Waals surface area contributed by atoms with E-state index in [0.29, 0.717) is 18.5 Å². The van der Waals surface area contributed by atoms with Crippen LogP contribution in [0, 0.1) is 22.7 Å². The summed E-state index contributed by atoms with van der Waals surface area (Å²) in [5, 5.41) is 12.2. The zero-order chi connectivity index (χ0) is 28.2. The summed E-state index contributed by atoms with van der Waals surface area (Å²) < 4.78 is 27.2. The van der Waals surface area contributed by atoms with E-state index in [-0.39, 0.29) is 54.9 Å². The van der Waals surface area contributed by atoms with Gasteiger partial charge in [0.05, 0.1) is 17.7 Å². The second-order valence-corrected chi connectivity index (χ2v) is 12.0. The first-order valence-electron chi connectivity index (χ1n) is 14.5. The van der Waals surface area contributed by atoms with Crippen molar-refractivity contribution in [3.63, 3.8) is 0 Å². The van der Waals surface area contributed by atoms with E-state index in [0.717, 1.165) is 56.6 Å². The molecule has 3 aliphatic rings. The second kappa shape index (κ2) is 12.1. The molecule has 2 aromatic carbocycles. The molecule has 5 rings (SSSR count). The molecule has 2 heterocycles. The van der Waals surface area contributed by atoms with Crippen molar-refractivity contribution in [2.45, 2.75) is 69.9 Å². The summed E-state index contributed by atoms with van der Waals surface area (Å²) in [7, 11) is 0. The maximum Gasteiger partial charge on any atom is 0.248 e. The Morgan fingerprint density at radius 3 is 2.35 bits per heavy atom. The molecule has 0 unspecified atom stereocenters. The molecule has 0 bridgehead atoms. The van der Waals surface area contributed by atoms with Crippen molar-refractivity contribution in [2.24, 2.45) is 11.3 Å². The van der Waals surface area contributed by atoms with Crippen LogP contribution >= 0.6 is 0 Å². The molecule has 40 heavy (non-hydrogen) atoms. The molecule has 3 fully saturated rings. The average Bonchev–Trinajstić information content (AvgIpc) is 3.26. The Morgan fingerprint density at radius 1 is 1.02 bits per heavy atom. The van der Waals surface area contributed by atoms with Gasteiger partial charge in [0.25, 0.3) is 0 Å². The second-order valence-electron chi connectivity index (χ2n) is 12.0. The average molecular weight is 549 g/mol. The number of piperidine rings is 1. The van der Waals surface area contributed by atoms with Gasteiger partial charge in [-0.25, -0.2) is 8.78 Å². The summed E-state index contributed by atoms with van der Waals surface area (Å²) >= 11 is 0. The Morgan fingerprint density at radius 2 is 1.70 bits per heavy atom. The van der Waals surface area contributed by atoms with E-state index in [1.54, 1.807) is 12.1 Å². The topological polar surface area (TPSA) is 76.4 Å². The van der Waals surface area contributed by atoms with Crippen LogP contribution in [0.15, 0.2) is 54.6 Å². The van der Waals surface area contributed by atoms with E-state index >= 15 is 0 Å². The molecule has 2 amide bonds. The monoisotopic (exact) mass is 548 g/mol. The first-order valence-corrected chi connectivity index (χ1v) is 14.5. The SMILES string of the molecule is N#Cc1ccc(CN2CC3(CCN(CC[C@H](NC(=O)C4CCC(F)(F)CC4)c4ccccc4)CC3)CC2=O)cc1. The van der Waals surface area contributed by atoms with Crippen LogP contribution < -0.4 is 5.32 Å². The molecular weight excluding hydrogens is 510 g/mol. The number of nitrogens with zero attached hydrogens (tertiary/aromatic N) is 3. The molecule has 8 heteroatoms. The zero-order valence-electron chi connectivity index (χ0n) is 23.0. The van der Waals surface area contributed by atoms with Gasteiger partial charge >= 0.3 is 0 Å². The van der Waals surface area contributed by atoms with Crippen LogP contribution in [0.3, 0.4) is 0 Å². The predicted octanol–water partition coefficient (Wildman–Crippen LogP) is 5.45. The van der Waals surface area contributed by atoms with Gasteiger partial charge in [-0.2, -0.15) is 5.26 Å². The van der Waals surface area contributed by atoms with Gasteiger partial charge in [0.15, 0.2) is 0 Å². The van der Waals surface area contributed by atoms with Crippen LogP contribution in [0.25, 0.3) is 0 Å². The lowest BCUT2D eigenvalue weighted by atomic mass is 9.77. The minimum atomic E-state index is -2.65. The maximum absolute atomic E-state index is 13.6. The van der Waals surface area contributed by atoms with Crippen molar-refractivity contribution >= 4 is 11.8 Å². The number of nitrogens with one attached hydrogen (secondary N) is 1. The number of halogens is 2. The quantitative estimate of drug-likeness (QED) is 0.476. The highest BCUT2D eigenvalue weighted by Gasteiger charge is 2.44. The molecule has 1 N–H and O–H groups in total.